The van der Waals surface area contributed by atoms with Gasteiger partial charge in [0.15, 0.2) is 5.78 Å². The fourth-order valence-electron chi connectivity index (χ4n) is 2.45. The Morgan fingerprint density at radius 3 is 2.50 bits per heavy atom. The summed E-state index contributed by atoms with van der Waals surface area (Å²) in [6.45, 7) is 1.97. The van der Waals surface area contributed by atoms with E-state index < -0.39 is 0 Å². The largest absolute Gasteiger partial charge is 1.00 e. The molecule has 3 rings (SSSR count). The summed E-state index contributed by atoms with van der Waals surface area (Å²) in [6.07, 6.45) is 0.971. The fraction of sp³-hybridized carbons (Fsp3) is 0.364. The first-order valence-corrected chi connectivity index (χ1v) is 4.76. The van der Waals surface area contributed by atoms with Crippen molar-refractivity contribution in [3.63, 3.8) is 0 Å². The van der Waals surface area contributed by atoms with E-state index in [0.29, 0.717) is 5.78 Å². The van der Waals surface area contributed by atoms with Crippen molar-refractivity contribution in [2.24, 2.45) is 5.41 Å². The molecule has 1 fully saturated rings. The van der Waals surface area contributed by atoms with Crippen molar-refractivity contribution < 1.29 is 22.5 Å². The molecular weight excluding hydrogens is 198 g/mol. The maximum atomic E-state index is 12.0. The van der Waals surface area contributed by atoms with Crippen molar-refractivity contribution in [2.45, 2.75) is 6.42 Å². The Morgan fingerprint density at radius 1 is 1.21 bits per heavy atom. The van der Waals surface area contributed by atoms with Crippen LogP contribution < -0.4 is 17.7 Å². The molecule has 0 bridgehead atoms. The second-order valence-electron chi connectivity index (χ2n) is 4.14. The van der Waals surface area contributed by atoms with Crippen molar-refractivity contribution in [1.29, 1.82) is 0 Å². The summed E-state index contributed by atoms with van der Waals surface area (Å²) in [5.74, 6) is 0.380. The molecule has 14 heavy (non-hydrogen) atoms. The first-order valence-electron chi connectivity index (χ1n) is 4.76. The first-order chi connectivity index (χ1) is 6.32. The van der Waals surface area contributed by atoms with Gasteiger partial charge in [-0.3, -0.25) is 4.79 Å². The molecule has 0 amide bonds. The number of rotatable bonds is 0. The maximum absolute atomic E-state index is 12.0. The molecule has 0 radical (unpaired) electrons. The van der Waals surface area contributed by atoms with Crippen molar-refractivity contribution in [2.75, 3.05) is 13.1 Å². The van der Waals surface area contributed by atoms with E-state index in [-0.39, 0.29) is 17.8 Å². The summed E-state index contributed by atoms with van der Waals surface area (Å²) < 4.78 is 0. The summed E-state index contributed by atoms with van der Waals surface area (Å²) >= 11 is 0. The predicted molar refractivity (Wildman–Crippen MR) is 48.6 cm³/mol. The molecule has 3 heteroatoms. The number of halogens is 1. The normalized spacial score (nSPS) is 21.3. The number of quaternary nitrogens is 1. The molecule has 0 aromatic heterocycles. The van der Waals surface area contributed by atoms with Crippen molar-refractivity contribution >= 4 is 5.78 Å². The third-order valence-electron chi connectivity index (χ3n) is 3.34. The van der Waals surface area contributed by atoms with Crippen LogP contribution in [0.2, 0.25) is 0 Å². The molecule has 2 nitrogen and oxygen atoms in total. The highest BCUT2D eigenvalue weighted by Gasteiger charge is 2.53. The van der Waals surface area contributed by atoms with E-state index in [1.165, 1.54) is 5.56 Å². The third kappa shape index (κ3) is 1.04. The summed E-state index contributed by atoms with van der Waals surface area (Å²) in [6, 6.07) is 8.02. The van der Waals surface area contributed by atoms with E-state index in [1.807, 2.05) is 18.2 Å². The van der Waals surface area contributed by atoms with E-state index in [0.717, 1.165) is 25.1 Å². The van der Waals surface area contributed by atoms with Gasteiger partial charge in [-0.05, 0) is 12.0 Å². The molecule has 1 aliphatic carbocycles. The van der Waals surface area contributed by atoms with Crippen LogP contribution in [0.4, 0.5) is 0 Å². The lowest BCUT2D eigenvalue weighted by Gasteiger charge is -2.32. The third-order valence-corrected chi connectivity index (χ3v) is 3.34. The second-order valence-corrected chi connectivity index (χ2v) is 4.14. The number of nitrogens with two attached hydrogens (primary N) is 1. The molecule has 2 aliphatic rings. The smallest absolute Gasteiger partial charge is 0.180 e. The molecule has 0 saturated carbocycles. The zero-order chi connectivity index (χ0) is 8.89. The number of benzene rings is 1. The van der Waals surface area contributed by atoms with Crippen LogP contribution in [-0.4, -0.2) is 18.9 Å². The molecule has 2 N–H and O–H groups in total. The molecule has 1 heterocycles. The van der Waals surface area contributed by atoms with Gasteiger partial charge < -0.3 is 17.7 Å². The van der Waals surface area contributed by atoms with Crippen LogP contribution in [0, 0.1) is 5.41 Å². The van der Waals surface area contributed by atoms with E-state index in [4.69, 9.17) is 0 Å². The lowest BCUT2D eigenvalue weighted by Crippen LogP contribution is -3.01. The minimum Gasteiger partial charge on any atom is -1.00 e. The van der Waals surface area contributed by atoms with Gasteiger partial charge in [-0.25, -0.2) is 0 Å². The number of carbonyl (C=O) groups is 1. The van der Waals surface area contributed by atoms with Gasteiger partial charge in [0.05, 0.1) is 13.1 Å². The lowest BCUT2D eigenvalue weighted by atomic mass is 9.78. The number of hydrogen-bond donors (Lipinski definition) is 1. The highest BCUT2D eigenvalue weighted by Crippen LogP contribution is 2.36. The second kappa shape index (κ2) is 3.07. The maximum Gasteiger partial charge on any atom is 0.180 e. The Hall–Kier alpha value is -0.860. The van der Waals surface area contributed by atoms with Gasteiger partial charge in [0, 0.05) is 5.56 Å². The molecule has 1 aliphatic heterocycles. The molecule has 0 atom stereocenters. The SMILES string of the molecule is O=C1c2ccccc2CC12C[NH2+]C2.[Cl-]. The predicted octanol–water partition coefficient (Wildman–Crippen LogP) is -3.01. The monoisotopic (exact) mass is 209 g/mol. The zero-order valence-corrected chi connectivity index (χ0v) is 8.55. The number of carbonyl (C=O) groups excluding carboxylic acids is 1. The average molecular weight is 210 g/mol. The number of ketones is 1. The lowest BCUT2D eigenvalue weighted by molar-refractivity contribution is -0.733. The molecule has 1 saturated heterocycles. The molecular formula is C11H12ClNO. The summed E-state index contributed by atoms with van der Waals surface area (Å²) in [5, 5.41) is 2.21. The standard InChI is InChI=1S/C11H11NO.ClH/c13-10-9-4-2-1-3-8(9)5-11(10)6-12-7-11;/h1-4,12H,5-7H2;1H. The van der Waals surface area contributed by atoms with Crippen LogP contribution in [-0.2, 0) is 6.42 Å². The van der Waals surface area contributed by atoms with Gasteiger partial charge >= 0.3 is 0 Å². The van der Waals surface area contributed by atoms with Crippen LogP contribution in [0.25, 0.3) is 0 Å². The molecule has 1 spiro atoms. The minimum absolute atomic E-state index is 0. The van der Waals surface area contributed by atoms with Crippen LogP contribution in [0.3, 0.4) is 0 Å². The molecule has 1 aromatic rings. The van der Waals surface area contributed by atoms with Gasteiger partial charge in [0.25, 0.3) is 0 Å². The van der Waals surface area contributed by atoms with E-state index in [1.54, 1.807) is 0 Å². The topological polar surface area (TPSA) is 33.7 Å². The van der Waals surface area contributed by atoms with Gasteiger partial charge in [0.1, 0.15) is 5.41 Å². The van der Waals surface area contributed by atoms with E-state index in [2.05, 4.69) is 11.4 Å². The Balaban J connectivity index is 0.000000750. The Bertz CT molecular complexity index is 385. The molecule has 1 aromatic carbocycles. The minimum atomic E-state index is -0.0102. The fourth-order valence-corrected chi connectivity index (χ4v) is 2.45. The zero-order valence-electron chi connectivity index (χ0n) is 7.79. The van der Waals surface area contributed by atoms with E-state index in [9.17, 15) is 4.79 Å². The van der Waals surface area contributed by atoms with Crippen molar-refractivity contribution in [1.82, 2.24) is 0 Å². The molecule has 74 valence electrons. The van der Waals surface area contributed by atoms with Gasteiger partial charge in [-0.15, -0.1) is 0 Å². The van der Waals surface area contributed by atoms with Crippen LogP contribution in [0.15, 0.2) is 24.3 Å². The van der Waals surface area contributed by atoms with Gasteiger partial charge in [-0.1, -0.05) is 24.3 Å². The number of hydrogen-bond acceptors (Lipinski definition) is 1. The number of Topliss-reactive ketones (excluding diaryl/α,β-unsaturated/α-hetero) is 1. The Labute approximate surface area is 89.1 Å². The summed E-state index contributed by atoms with van der Waals surface area (Å²) in [4.78, 5) is 12.0. The Morgan fingerprint density at radius 2 is 1.93 bits per heavy atom. The highest BCUT2D eigenvalue weighted by atomic mass is 35.5. The van der Waals surface area contributed by atoms with Crippen LogP contribution >= 0.6 is 0 Å². The van der Waals surface area contributed by atoms with Gasteiger partial charge in [-0.2, -0.15) is 0 Å². The summed E-state index contributed by atoms with van der Waals surface area (Å²) in [7, 11) is 0. The van der Waals surface area contributed by atoms with E-state index >= 15 is 0 Å². The molecule has 0 unspecified atom stereocenters. The van der Waals surface area contributed by atoms with Gasteiger partial charge in [0.2, 0.25) is 0 Å². The quantitative estimate of drug-likeness (QED) is 0.486. The first kappa shape index (κ1) is 9.69. The van der Waals surface area contributed by atoms with Crippen molar-refractivity contribution in [3.05, 3.63) is 35.4 Å². The van der Waals surface area contributed by atoms with Crippen LogP contribution in [0.1, 0.15) is 15.9 Å². The van der Waals surface area contributed by atoms with Crippen molar-refractivity contribution in [3.8, 4) is 0 Å². The Kier molecular flexibility index (Phi) is 2.13. The average Bonchev–Trinajstić information content (AvgIpc) is 2.40. The number of fused-ring (bicyclic) bond motifs is 1. The van der Waals surface area contributed by atoms with Crippen LogP contribution in [0.5, 0.6) is 0 Å². The summed E-state index contributed by atoms with van der Waals surface area (Å²) in [5.41, 5.74) is 2.21. The highest BCUT2D eigenvalue weighted by molar-refractivity contribution is 6.05.